The highest BCUT2D eigenvalue weighted by atomic mass is 32.5. The van der Waals surface area contributed by atoms with Crippen LogP contribution >= 0.6 is 6.72 Å². The summed E-state index contributed by atoms with van der Waals surface area (Å²) in [6.45, 7) is -0.0740. The van der Waals surface area contributed by atoms with Gasteiger partial charge in [0, 0.05) is 24.5 Å². The molecule has 28 heavy (non-hydrogen) atoms. The van der Waals surface area contributed by atoms with Gasteiger partial charge in [-0.05, 0) is 50.0 Å². The number of methoxy groups -OCH3 is 2. The van der Waals surface area contributed by atoms with Crippen LogP contribution in [-0.4, -0.2) is 53.2 Å². The summed E-state index contributed by atoms with van der Waals surface area (Å²) >= 11 is 4.55. The van der Waals surface area contributed by atoms with Crippen LogP contribution < -0.4 is 14.4 Å². The Hall–Kier alpha value is -1.51. The highest BCUT2D eigenvalue weighted by molar-refractivity contribution is 8.06. The maximum absolute atomic E-state index is 9.31. The van der Waals surface area contributed by atoms with Crippen molar-refractivity contribution in [3.8, 4) is 11.5 Å². The largest absolute Gasteiger partial charge is 0.493 e. The number of hydrogen-bond acceptors (Lipinski definition) is 7. The second-order valence-corrected chi connectivity index (χ2v) is 9.61. The third-order valence-electron chi connectivity index (χ3n) is 5.02. The molecule has 8 nitrogen and oxygen atoms in total. The van der Waals surface area contributed by atoms with Gasteiger partial charge in [-0.15, -0.1) is 0 Å². The van der Waals surface area contributed by atoms with E-state index in [1.807, 2.05) is 19.1 Å². The van der Waals surface area contributed by atoms with Gasteiger partial charge in [0.2, 0.25) is 0 Å². The van der Waals surface area contributed by atoms with Crippen LogP contribution in [0.1, 0.15) is 26.2 Å². The number of hydrogen-bond donors (Lipinski definition) is 2. The first-order valence-corrected chi connectivity index (χ1v) is 11.8. The zero-order valence-electron chi connectivity index (χ0n) is 16.2. The average molecular weight is 427 g/mol. The minimum absolute atomic E-state index is 0.269. The van der Waals surface area contributed by atoms with Gasteiger partial charge < -0.3 is 28.7 Å². The van der Waals surface area contributed by atoms with Gasteiger partial charge >= 0.3 is 6.72 Å². The highest BCUT2D eigenvalue weighted by Crippen LogP contribution is 2.40. The molecule has 1 aromatic heterocycles. The molecule has 1 aliphatic rings. The van der Waals surface area contributed by atoms with Crippen LogP contribution in [0.25, 0.3) is 10.9 Å². The maximum atomic E-state index is 9.31. The van der Waals surface area contributed by atoms with E-state index in [-0.39, 0.29) is 6.10 Å². The molecule has 0 saturated carbocycles. The van der Waals surface area contributed by atoms with Crippen LogP contribution in [-0.2, 0) is 16.3 Å². The molecule has 2 N–H and O–H groups in total. The van der Waals surface area contributed by atoms with Gasteiger partial charge in [-0.2, -0.15) is 0 Å². The highest BCUT2D eigenvalue weighted by Gasteiger charge is 2.25. The van der Waals surface area contributed by atoms with Crippen LogP contribution in [0.2, 0.25) is 0 Å². The van der Waals surface area contributed by atoms with Gasteiger partial charge in [-0.1, -0.05) is 0 Å². The first-order chi connectivity index (χ1) is 13.3. The van der Waals surface area contributed by atoms with E-state index < -0.39 is 6.72 Å². The summed E-state index contributed by atoms with van der Waals surface area (Å²) < 4.78 is 15.9. The lowest BCUT2D eigenvalue weighted by atomic mass is 9.91. The van der Waals surface area contributed by atoms with E-state index in [0.29, 0.717) is 17.4 Å². The van der Waals surface area contributed by atoms with Crippen molar-refractivity contribution < 1.29 is 23.8 Å². The van der Waals surface area contributed by atoms with Crippen LogP contribution in [0.15, 0.2) is 18.5 Å². The lowest BCUT2D eigenvalue weighted by Crippen LogP contribution is -2.35. The third kappa shape index (κ3) is 5.10. The Kier molecular flexibility index (Phi) is 6.73. The van der Waals surface area contributed by atoms with E-state index in [1.54, 1.807) is 20.5 Å². The zero-order valence-corrected chi connectivity index (χ0v) is 17.9. The molecule has 1 aromatic carbocycles. The fourth-order valence-electron chi connectivity index (χ4n) is 3.75. The van der Waals surface area contributed by atoms with E-state index in [1.165, 1.54) is 0 Å². The molecule has 1 saturated heterocycles. The number of ether oxygens (including phenoxy) is 2. The van der Waals surface area contributed by atoms with Crippen LogP contribution in [0, 0.1) is 5.92 Å². The van der Waals surface area contributed by atoms with E-state index in [9.17, 15) is 9.79 Å². The Balaban J connectivity index is 1.72. The molecule has 2 aromatic rings. The fraction of sp³-hybridized carbons (Fsp3) is 0.556. The summed E-state index contributed by atoms with van der Waals surface area (Å²) in [6, 6.07) is 3.78. The predicted octanol–water partition coefficient (Wildman–Crippen LogP) is 2.87. The monoisotopic (exact) mass is 427 g/mol. The lowest BCUT2D eigenvalue weighted by Gasteiger charge is -2.34. The van der Waals surface area contributed by atoms with Gasteiger partial charge in [-0.3, -0.25) is 0 Å². The molecular weight excluding hydrogens is 401 g/mol. The smallest absolute Gasteiger partial charge is 0.322 e. The number of piperidine rings is 1. The van der Waals surface area contributed by atoms with Crippen molar-refractivity contribution in [1.29, 1.82) is 0 Å². The first kappa shape index (κ1) is 21.2. The van der Waals surface area contributed by atoms with Crippen molar-refractivity contribution in [3.05, 3.63) is 18.5 Å². The quantitative estimate of drug-likeness (QED) is 0.647. The van der Waals surface area contributed by atoms with Crippen molar-refractivity contribution in [1.82, 2.24) is 9.97 Å². The Labute approximate surface area is 169 Å². The molecule has 0 amide bonds. The minimum Gasteiger partial charge on any atom is -0.493 e. The van der Waals surface area contributed by atoms with E-state index in [2.05, 4.69) is 26.7 Å². The Bertz CT molecular complexity index is 870. The number of aromatic nitrogens is 2. The number of anilines is 1. The molecule has 0 aliphatic carbocycles. The number of rotatable bonds is 7. The Morgan fingerprint density at radius 2 is 1.82 bits per heavy atom. The molecular formula is C18H26N3O5PS. The summed E-state index contributed by atoms with van der Waals surface area (Å²) in [4.78, 5) is 29.7. The average Bonchev–Trinajstić information content (AvgIpc) is 2.65. The summed E-state index contributed by atoms with van der Waals surface area (Å²) in [5.74, 6) is 2.61. The molecule has 10 heteroatoms. The molecule has 3 rings (SSSR count). The summed E-state index contributed by atoms with van der Waals surface area (Å²) in [5, 5.41) is 0.927. The predicted molar refractivity (Wildman–Crippen MR) is 111 cm³/mol. The standard InChI is InChI=1S/C18H26N3O5PS/c1-12(26-27(22,23)28)8-13-4-6-21(7-5-13)18-14-9-16(24-2)17(25-3)10-15(14)19-11-20-18/h9-13H,4-8H2,1-3H3,(H2,22,23,28). The van der Waals surface area contributed by atoms with Gasteiger partial charge in [0.25, 0.3) is 0 Å². The topological polar surface area (TPSA) is 97.2 Å². The summed E-state index contributed by atoms with van der Waals surface area (Å²) in [5.41, 5.74) is 0.809. The van der Waals surface area contributed by atoms with Crippen molar-refractivity contribution in [2.24, 2.45) is 5.92 Å². The second kappa shape index (κ2) is 8.88. The number of fused-ring (bicyclic) bond motifs is 1. The fourth-order valence-corrected chi connectivity index (χ4v) is 4.74. The number of nitrogens with zero attached hydrogens (tertiary/aromatic N) is 3. The molecule has 1 unspecified atom stereocenters. The minimum atomic E-state index is -3.61. The SMILES string of the molecule is COc1cc2ncnc(N3CCC(CC(C)OP(O)(O)=S)CC3)c2cc1OC. The molecule has 0 bridgehead atoms. The normalized spacial score (nSPS) is 17.0. The lowest BCUT2D eigenvalue weighted by molar-refractivity contribution is 0.149. The zero-order chi connectivity index (χ0) is 20.3. The molecule has 0 spiro atoms. The van der Waals surface area contributed by atoms with Gasteiger partial charge in [-0.25, -0.2) is 9.97 Å². The van der Waals surface area contributed by atoms with Crippen LogP contribution in [0.5, 0.6) is 11.5 Å². The van der Waals surface area contributed by atoms with E-state index in [4.69, 9.17) is 14.0 Å². The van der Waals surface area contributed by atoms with Crippen molar-refractivity contribution in [3.63, 3.8) is 0 Å². The van der Waals surface area contributed by atoms with Crippen molar-refractivity contribution in [2.75, 3.05) is 32.2 Å². The molecule has 154 valence electrons. The second-order valence-electron chi connectivity index (χ2n) is 6.99. The van der Waals surface area contributed by atoms with E-state index in [0.717, 1.165) is 49.1 Å². The molecule has 2 heterocycles. The van der Waals surface area contributed by atoms with E-state index >= 15 is 0 Å². The molecule has 1 atom stereocenters. The Morgan fingerprint density at radius 1 is 1.18 bits per heavy atom. The van der Waals surface area contributed by atoms with Crippen molar-refractivity contribution in [2.45, 2.75) is 32.3 Å². The molecule has 0 radical (unpaired) electrons. The summed E-state index contributed by atoms with van der Waals surface area (Å²) in [6.07, 6.45) is 3.98. The molecule has 1 fully saturated rings. The van der Waals surface area contributed by atoms with Crippen LogP contribution in [0.4, 0.5) is 5.82 Å². The van der Waals surface area contributed by atoms with Crippen LogP contribution in [0.3, 0.4) is 0 Å². The molecule has 1 aliphatic heterocycles. The van der Waals surface area contributed by atoms with Gasteiger partial charge in [0.15, 0.2) is 11.5 Å². The van der Waals surface area contributed by atoms with Gasteiger partial charge in [0.1, 0.15) is 12.1 Å². The number of benzene rings is 1. The summed E-state index contributed by atoms with van der Waals surface area (Å²) in [7, 11) is 3.22. The first-order valence-electron chi connectivity index (χ1n) is 9.16. The van der Waals surface area contributed by atoms with Crippen molar-refractivity contribution >= 4 is 35.2 Å². The third-order valence-corrected chi connectivity index (χ3v) is 5.91. The maximum Gasteiger partial charge on any atom is 0.322 e. The Morgan fingerprint density at radius 3 is 2.43 bits per heavy atom. The van der Waals surface area contributed by atoms with Gasteiger partial charge in [0.05, 0.1) is 25.8 Å².